The Hall–Kier alpha value is -14.5. The fourth-order valence-corrected chi connectivity index (χ4v) is 13.0. The lowest BCUT2D eigenvalue weighted by atomic mass is 9.98. The van der Waals surface area contributed by atoms with Crippen molar-refractivity contribution in [2.45, 2.75) is 364 Å². The van der Waals surface area contributed by atoms with E-state index in [0.717, 1.165) is 10.9 Å². The summed E-state index contributed by atoms with van der Waals surface area (Å²) in [5, 5.41) is 69.0. The number of rotatable bonds is 57. The van der Waals surface area contributed by atoms with Gasteiger partial charge in [0.2, 0.25) is 142 Å². The van der Waals surface area contributed by atoms with Crippen LogP contribution >= 0.6 is 0 Å². The number of fused-ring (bicyclic) bond motifs is 1. The van der Waals surface area contributed by atoms with Crippen LogP contribution in [0.2, 0.25) is 0 Å². The van der Waals surface area contributed by atoms with Gasteiger partial charge in [0.05, 0.1) is 6.04 Å². The number of nitrogens with two attached hydrogens (primary N) is 1. The summed E-state index contributed by atoms with van der Waals surface area (Å²) in [6.07, 6.45) is 1.93. The second kappa shape index (κ2) is 59.4. The topological polar surface area (TPSA) is 778 Å². The third-order valence-electron chi connectivity index (χ3n) is 22.2. The van der Waals surface area contributed by atoms with Crippen molar-refractivity contribution in [2.75, 3.05) is 0 Å². The SMILES string of the molecule is CC(C)C[C@H](NC(=O)[C@H](C)NC(=O)[C@H](C)N)C(=O)N[C@@H](CC(C)C)C(=O)N[C@@H](CC(C)C)C(=O)N[C@@H](C)C(=O)N[C@@H](C)C(=O)N[C@@H](C)C(=O)N[C@@H](C)C(=O)N[C@@H](C)C(=O)N[C@@H](C)C(=O)N[C@@H](C)C(=O)N[C@@H](C)C(=O)N[C@@H](C)C(=O)N[C@@H](C)C(=O)N[C@@H](C)C(=O)N[C@@H](C)C(=O)N[C@@H](C)C(=O)N[C@@H](C)C(=O)N[C@@H](C)C(=O)N[C@@H](C)C(=O)N[C@@H](C)C(=O)N[C@@H](C)C(=O)N[C@@H](C)C(=O)N[C@@H](Cc1c[nH]c2ccccc12)C(=O)O. The molecule has 0 aliphatic rings. The van der Waals surface area contributed by atoms with Crippen LogP contribution in [-0.4, -0.2) is 309 Å². The first-order chi connectivity index (χ1) is 66.7. The Morgan fingerprint density at radius 3 is 0.535 bits per heavy atom. The first kappa shape index (κ1) is 126. The summed E-state index contributed by atoms with van der Waals surface area (Å²) in [5.41, 5.74) is 7.03. The van der Waals surface area contributed by atoms with Crippen LogP contribution in [0.25, 0.3) is 10.9 Å². The molecule has 1 heterocycles. The van der Waals surface area contributed by atoms with Crippen LogP contribution in [0, 0.1) is 17.8 Å². The quantitative estimate of drug-likeness (QED) is 0.0292. The molecule has 0 unspecified atom stereocenters. The molecule has 0 bridgehead atoms. The van der Waals surface area contributed by atoms with E-state index in [1.807, 2.05) is 27.7 Å². The monoisotopic (exact) mass is 2040 g/mol. The first-order valence-electron chi connectivity index (χ1n) is 47.5. The molecule has 1 aromatic carbocycles. The van der Waals surface area contributed by atoms with E-state index in [-0.39, 0.29) is 43.4 Å². The van der Waals surface area contributed by atoms with Gasteiger partial charge in [-0.1, -0.05) is 59.7 Å². The number of carbonyl (C=O) groups excluding carboxylic acids is 24. The number of carboxylic acid groups (broad SMARTS) is 1. The molecule has 52 nitrogen and oxygen atoms in total. The molecule has 2 rings (SSSR count). The molecule has 0 spiro atoms. The van der Waals surface area contributed by atoms with Crippen LogP contribution in [0.15, 0.2) is 30.5 Å². The molecule has 0 aliphatic heterocycles. The van der Waals surface area contributed by atoms with Gasteiger partial charge in [0.15, 0.2) is 0 Å². The fourth-order valence-electron chi connectivity index (χ4n) is 13.0. The number of amides is 24. The molecule has 0 saturated carbocycles. The number of para-hydroxylation sites is 1. The smallest absolute Gasteiger partial charge is 0.326 e. The summed E-state index contributed by atoms with van der Waals surface area (Å²) in [5.74, 6) is -21.7. The standard InChI is InChI=1S/C92H150N26O26/c1-37(2)32-64(116-91(142)66(34-39(5)6)117-90(141)65(33-38(3)4)115-87(138)59(26)95-68(119)40(7)93)89(140)114-58(25)86(137)112-56(23)84(135)110-54(21)82(133)108-52(19)80(131)106-50(17)78(129)104-48(15)76(127)102-46(13)74(125)100-44(11)72(123)98-42(9)70(121)96-41(8)69(120)97-43(10)71(122)99-45(12)73(124)101-47(14)75(126)103-49(16)77(128)105-51(18)79(130)107-53(20)81(132)109-55(22)83(134)111-57(24)85(136)113-60(27)88(139)118-67(92(143)144)35-61-36-94-63-31-29-28-30-62(61)63/h28-31,36-60,64-67,94H,32-35,93H2,1-27H3,(H,95,119)(H,96,121)(H,97,120)(H,98,123)(H,99,122)(H,100,125)(H,101,124)(H,102,127)(H,103,126)(H,104,129)(H,105,128)(H,106,131)(H,107,130)(H,108,133)(H,109,132)(H,110,135)(H,111,134)(H,112,137)(H,113,136)(H,114,140)(H,115,138)(H,116,142)(H,117,141)(H,118,139)(H,143,144)/t40-,41-,42-,43-,44-,45-,46-,47-,48-,49-,50-,51-,52-,53-,54-,55-,56-,57-,58-,59-,60-,64-,65-,66-,67-/m0/s1. The first-order valence-corrected chi connectivity index (χ1v) is 47.5. The van der Waals surface area contributed by atoms with Crippen molar-refractivity contribution >= 4 is 159 Å². The zero-order chi connectivity index (χ0) is 110. The highest BCUT2D eigenvalue weighted by Crippen LogP contribution is 2.20. The van der Waals surface area contributed by atoms with Crippen molar-refractivity contribution in [3.8, 4) is 0 Å². The molecule has 2 aromatic rings. The predicted octanol–water partition coefficient (Wildman–Crippen LogP) is -7.69. The predicted molar refractivity (Wildman–Crippen MR) is 521 cm³/mol. The maximum absolute atomic E-state index is 14.0. The van der Waals surface area contributed by atoms with Crippen LogP contribution in [0.1, 0.15) is 212 Å². The summed E-state index contributed by atoms with van der Waals surface area (Å²) in [6, 6.07) is -24.7. The second-order valence-electron chi connectivity index (χ2n) is 37.4. The van der Waals surface area contributed by atoms with Gasteiger partial charge in [-0.15, -0.1) is 0 Å². The molecule has 804 valence electrons. The van der Waals surface area contributed by atoms with Crippen molar-refractivity contribution in [1.82, 2.24) is 133 Å². The fraction of sp³-hybridized carbons (Fsp3) is 0.641. The minimum atomic E-state index is -1.35. The Balaban J connectivity index is 1.81. The number of aromatic amines is 1. The summed E-state index contributed by atoms with van der Waals surface area (Å²) in [6.45, 7) is 37.8. The maximum atomic E-state index is 14.0. The van der Waals surface area contributed by atoms with E-state index in [1.165, 1.54) is 145 Å². The molecule has 1 aromatic heterocycles. The number of hydrogen-bond donors (Lipinski definition) is 27. The lowest BCUT2D eigenvalue weighted by Gasteiger charge is -2.28. The van der Waals surface area contributed by atoms with Crippen LogP contribution in [0.5, 0.6) is 0 Å². The van der Waals surface area contributed by atoms with E-state index in [9.17, 15) is 125 Å². The zero-order valence-corrected chi connectivity index (χ0v) is 86.6. The maximum Gasteiger partial charge on any atom is 0.326 e. The minimum absolute atomic E-state index is 0.0665. The lowest BCUT2D eigenvalue weighted by Crippen LogP contribution is -2.60. The van der Waals surface area contributed by atoms with Gasteiger partial charge < -0.3 is 143 Å². The number of benzene rings is 1. The van der Waals surface area contributed by atoms with Crippen LogP contribution in [0.3, 0.4) is 0 Å². The minimum Gasteiger partial charge on any atom is -0.480 e. The van der Waals surface area contributed by atoms with E-state index >= 15 is 0 Å². The molecule has 28 N–H and O–H groups in total. The van der Waals surface area contributed by atoms with E-state index in [1.54, 1.807) is 44.3 Å². The molecular weight excluding hydrogens is 1890 g/mol. The third kappa shape index (κ3) is 43.1. The molecular formula is C92H150N26O26. The van der Waals surface area contributed by atoms with Crippen molar-refractivity contribution in [2.24, 2.45) is 23.5 Å². The van der Waals surface area contributed by atoms with E-state index in [2.05, 4.69) is 133 Å². The molecule has 52 heteroatoms. The van der Waals surface area contributed by atoms with Gasteiger partial charge in [0.1, 0.15) is 145 Å². The lowest BCUT2D eigenvalue weighted by molar-refractivity contribution is -0.142. The van der Waals surface area contributed by atoms with E-state index in [4.69, 9.17) is 5.73 Å². The van der Waals surface area contributed by atoms with Gasteiger partial charge in [-0.25, -0.2) is 4.79 Å². The van der Waals surface area contributed by atoms with Gasteiger partial charge in [-0.3, -0.25) is 115 Å². The normalized spacial score (nSPS) is 16.4. The number of H-pyrrole nitrogens is 1. The highest BCUT2D eigenvalue weighted by Gasteiger charge is 2.38. The molecule has 144 heavy (non-hydrogen) atoms. The van der Waals surface area contributed by atoms with E-state index < -0.39 is 299 Å². The molecule has 0 saturated heterocycles. The van der Waals surface area contributed by atoms with Crippen molar-refractivity contribution < 1.29 is 125 Å². The van der Waals surface area contributed by atoms with Crippen molar-refractivity contribution in [1.29, 1.82) is 0 Å². The van der Waals surface area contributed by atoms with Gasteiger partial charge >= 0.3 is 5.97 Å². The molecule has 0 radical (unpaired) electrons. The third-order valence-corrected chi connectivity index (χ3v) is 22.2. The molecule has 0 aliphatic carbocycles. The van der Waals surface area contributed by atoms with Crippen molar-refractivity contribution in [3.63, 3.8) is 0 Å². The number of carboxylic acids is 1. The Bertz CT molecular complexity index is 4940. The average molecular weight is 2040 g/mol. The number of hydrogen-bond acceptors (Lipinski definition) is 26. The number of carbonyl (C=O) groups is 25. The number of aromatic nitrogens is 1. The van der Waals surface area contributed by atoms with Crippen molar-refractivity contribution in [3.05, 3.63) is 36.0 Å². The largest absolute Gasteiger partial charge is 0.480 e. The Labute approximate surface area is 835 Å². The van der Waals surface area contributed by atoms with E-state index in [0.29, 0.717) is 5.56 Å². The molecule has 25 atom stereocenters. The van der Waals surface area contributed by atoms with Gasteiger partial charge in [-0.2, -0.15) is 0 Å². The Morgan fingerprint density at radius 1 is 0.215 bits per heavy atom. The summed E-state index contributed by atoms with van der Waals surface area (Å²) in [7, 11) is 0. The number of nitrogens with one attached hydrogen (secondary N) is 25. The second-order valence-corrected chi connectivity index (χ2v) is 37.4. The summed E-state index contributed by atoms with van der Waals surface area (Å²) in [4.78, 5) is 332. The highest BCUT2D eigenvalue weighted by molar-refractivity contribution is 6.03. The summed E-state index contributed by atoms with van der Waals surface area (Å²) >= 11 is 0. The van der Waals surface area contributed by atoms with Gasteiger partial charge in [0.25, 0.3) is 0 Å². The van der Waals surface area contributed by atoms with Gasteiger partial charge in [-0.05, 0) is 194 Å². The Kier molecular flexibility index (Phi) is 51.8. The van der Waals surface area contributed by atoms with Crippen LogP contribution in [-0.2, 0) is 126 Å². The Morgan fingerprint density at radius 2 is 0.361 bits per heavy atom. The highest BCUT2D eigenvalue weighted by atomic mass is 16.4. The molecule has 24 amide bonds. The van der Waals surface area contributed by atoms with Gasteiger partial charge in [0, 0.05) is 23.5 Å². The average Bonchev–Trinajstić information content (AvgIpc) is 1.69. The zero-order valence-electron chi connectivity index (χ0n) is 86.6. The number of aliphatic carboxylic acids is 1. The summed E-state index contributed by atoms with van der Waals surface area (Å²) < 4.78 is 0. The molecule has 0 fully saturated rings. The van der Waals surface area contributed by atoms with Crippen LogP contribution in [0.4, 0.5) is 0 Å². The van der Waals surface area contributed by atoms with Crippen LogP contribution < -0.4 is 133 Å².